The Morgan fingerprint density at radius 1 is 1.15 bits per heavy atom. The van der Waals surface area contributed by atoms with Crippen LogP contribution < -0.4 is 5.32 Å². The molecule has 1 aliphatic carbocycles. The molecule has 1 N–H and O–H groups in total. The number of halogens is 2. The van der Waals surface area contributed by atoms with E-state index in [0.29, 0.717) is 5.56 Å². The summed E-state index contributed by atoms with van der Waals surface area (Å²) in [4.78, 5) is 0. The number of hydrogen-bond acceptors (Lipinski definition) is 1. The Morgan fingerprint density at radius 3 is 2.20 bits per heavy atom. The molecule has 0 aromatic heterocycles. The quantitative estimate of drug-likeness (QED) is 0.865. The van der Waals surface area contributed by atoms with Crippen molar-refractivity contribution >= 4 is 0 Å². The molecular weight excluding hydrogens is 256 g/mol. The van der Waals surface area contributed by atoms with Gasteiger partial charge in [-0.25, -0.2) is 8.78 Å². The van der Waals surface area contributed by atoms with Crippen LogP contribution in [0.3, 0.4) is 0 Å². The van der Waals surface area contributed by atoms with Crippen LogP contribution in [0.2, 0.25) is 0 Å². The average Bonchev–Trinajstić information content (AvgIpc) is 2.22. The molecule has 1 saturated carbocycles. The van der Waals surface area contributed by atoms with E-state index in [9.17, 15) is 8.78 Å². The van der Waals surface area contributed by atoms with E-state index in [1.165, 1.54) is 6.07 Å². The fraction of sp³-hybridized carbons (Fsp3) is 0.647. The van der Waals surface area contributed by atoms with Crippen molar-refractivity contribution in [3.05, 3.63) is 35.4 Å². The molecule has 0 aliphatic heterocycles. The summed E-state index contributed by atoms with van der Waals surface area (Å²) in [5.74, 6) is -0.931. The van der Waals surface area contributed by atoms with Gasteiger partial charge in [-0.15, -0.1) is 0 Å². The van der Waals surface area contributed by atoms with Crippen LogP contribution in [-0.2, 0) is 5.41 Å². The zero-order chi connectivity index (χ0) is 15.2. The average molecular weight is 281 g/mol. The number of hydrogen-bond donors (Lipinski definition) is 1. The van der Waals surface area contributed by atoms with Gasteiger partial charge in [0.1, 0.15) is 11.6 Å². The van der Waals surface area contributed by atoms with Crippen molar-refractivity contribution in [3.8, 4) is 0 Å². The van der Waals surface area contributed by atoms with Crippen LogP contribution in [0.4, 0.5) is 8.78 Å². The standard InChI is InChI=1S/C17H25F2N/c1-15(2,3)20-11-17(9-16(4,5)10-17)13-7-6-12(18)8-14(13)19/h6-8,20H,9-11H2,1-5H3. The van der Waals surface area contributed by atoms with Crippen LogP contribution in [0.1, 0.15) is 53.0 Å². The molecule has 0 spiro atoms. The molecular formula is C17H25F2N. The summed E-state index contributed by atoms with van der Waals surface area (Å²) in [5.41, 5.74) is 0.646. The lowest BCUT2D eigenvalue weighted by Crippen LogP contribution is -2.55. The van der Waals surface area contributed by atoms with Crippen molar-refractivity contribution in [3.63, 3.8) is 0 Å². The molecule has 112 valence electrons. The van der Waals surface area contributed by atoms with Crippen LogP contribution in [-0.4, -0.2) is 12.1 Å². The van der Waals surface area contributed by atoms with Crippen molar-refractivity contribution in [2.45, 2.75) is 58.4 Å². The Labute approximate surface area is 120 Å². The minimum Gasteiger partial charge on any atom is -0.311 e. The first-order chi connectivity index (χ1) is 9.03. The topological polar surface area (TPSA) is 12.0 Å². The van der Waals surface area contributed by atoms with Gasteiger partial charge in [-0.05, 0) is 50.7 Å². The summed E-state index contributed by atoms with van der Waals surface area (Å²) in [7, 11) is 0. The van der Waals surface area contributed by atoms with Gasteiger partial charge >= 0.3 is 0 Å². The highest BCUT2D eigenvalue weighted by molar-refractivity contribution is 5.33. The van der Waals surface area contributed by atoms with E-state index >= 15 is 0 Å². The second kappa shape index (κ2) is 4.80. The van der Waals surface area contributed by atoms with Gasteiger partial charge in [0.05, 0.1) is 0 Å². The van der Waals surface area contributed by atoms with Crippen LogP contribution in [0, 0.1) is 17.0 Å². The maximum Gasteiger partial charge on any atom is 0.129 e. The van der Waals surface area contributed by atoms with Gasteiger partial charge in [-0.2, -0.15) is 0 Å². The SMILES string of the molecule is CC1(C)CC(CNC(C)(C)C)(c2ccc(F)cc2F)C1. The van der Waals surface area contributed by atoms with Gasteiger partial charge in [0.15, 0.2) is 0 Å². The minimum absolute atomic E-state index is 0.0107. The van der Waals surface area contributed by atoms with E-state index in [1.54, 1.807) is 6.07 Å². The third-order valence-electron chi connectivity index (χ3n) is 4.09. The fourth-order valence-corrected chi connectivity index (χ4v) is 3.54. The largest absolute Gasteiger partial charge is 0.311 e. The molecule has 2 rings (SSSR count). The minimum atomic E-state index is -0.510. The molecule has 0 radical (unpaired) electrons. The summed E-state index contributed by atoms with van der Waals surface area (Å²) in [6, 6.07) is 3.98. The first-order valence-corrected chi connectivity index (χ1v) is 7.24. The Morgan fingerprint density at radius 2 is 1.75 bits per heavy atom. The Bertz CT molecular complexity index is 492. The summed E-state index contributed by atoms with van der Waals surface area (Å²) < 4.78 is 27.3. The smallest absolute Gasteiger partial charge is 0.129 e. The number of rotatable bonds is 3. The van der Waals surface area contributed by atoms with E-state index in [2.05, 4.69) is 39.9 Å². The number of nitrogens with one attached hydrogen (secondary N) is 1. The molecule has 1 aromatic carbocycles. The fourth-order valence-electron chi connectivity index (χ4n) is 3.54. The molecule has 0 atom stereocenters. The second-order valence-electron chi connectivity index (χ2n) is 8.03. The predicted molar refractivity (Wildman–Crippen MR) is 78.8 cm³/mol. The molecule has 0 saturated heterocycles. The number of benzene rings is 1. The van der Waals surface area contributed by atoms with Gasteiger partial charge < -0.3 is 5.32 Å². The van der Waals surface area contributed by atoms with Crippen molar-refractivity contribution in [1.82, 2.24) is 5.32 Å². The maximum atomic E-state index is 14.2. The summed E-state index contributed by atoms with van der Waals surface area (Å²) >= 11 is 0. The molecule has 1 fully saturated rings. The second-order valence-corrected chi connectivity index (χ2v) is 8.03. The molecule has 1 aromatic rings. The van der Waals surface area contributed by atoms with Crippen molar-refractivity contribution in [1.29, 1.82) is 0 Å². The molecule has 1 nitrogen and oxygen atoms in total. The Balaban J connectivity index is 2.29. The molecule has 0 bridgehead atoms. The zero-order valence-electron chi connectivity index (χ0n) is 13.1. The van der Waals surface area contributed by atoms with Crippen LogP contribution in [0.25, 0.3) is 0 Å². The first-order valence-electron chi connectivity index (χ1n) is 7.24. The highest BCUT2D eigenvalue weighted by atomic mass is 19.1. The summed E-state index contributed by atoms with van der Waals surface area (Å²) in [6.45, 7) is 11.4. The van der Waals surface area contributed by atoms with Crippen molar-refractivity contribution < 1.29 is 8.78 Å². The molecule has 0 unspecified atom stereocenters. The van der Waals surface area contributed by atoms with E-state index in [0.717, 1.165) is 25.5 Å². The highest BCUT2D eigenvalue weighted by Crippen LogP contribution is 2.55. The van der Waals surface area contributed by atoms with Crippen LogP contribution in [0.5, 0.6) is 0 Å². The zero-order valence-corrected chi connectivity index (χ0v) is 13.1. The van der Waals surface area contributed by atoms with E-state index in [1.807, 2.05) is 0 Å². The molecule has 20 heavy (non-hydrogen) atoms. The maximum absolute atomic E-state index is 14.2. The highest BCUT2D eigenvalue weighted by Gasteiger charge is 2.51. The Hall–Kier alpha value is -0.960. The van der Waals surface area contributed by atoms with E-state index in [-0.39, 0.29) is 16.4 Å². The van der Waals surface area contributed by atoms with Gasteiger partial charge in [-0.3, -0.25) is 0 Å². The lowest BCUT2D eigenvalue weighted by Gasteiger charge is -2.54. The first kappa shape index (κ1) is 15.4. The molecule has 0 heterocycles. The molecule has 0 amide bonds. The van der Waals surface area contributed by atoms with Gasteiger partial charge in [0.2, 0.25) is 0 Å². The monoisotopic (exact) mass is 281 g/mol. The third kappa shape index (κ3) is 3.20. The van der Waals surface area contributed by atoms with E-state index in [4.69, 9.17) is 0 Å². The lowest BCUT2D eigenvalue weighted by molar-refractivity contribution is 0.0485. The summed E-state index contributed by atoms with van der Waals surface area (Å²) in [6.07, 6.45) is 1.84. The third-order valence-corrected chi connectivity index (χ3v) is 4.09. The predicted octanol–water partition coefficient (Wildman–Crippen LogP) is 4.41. The van der Waals surface area contributed by atoms with Crippen LogP contribution >= 0.6 is 0 Å². The normalized spacial score (nSPS) is 20.6. The van der Waals surface area contributed by atoms with Gasteiger partial charge in [-0.1, -0.05) is 19.9 Å². The Kier molecular flexibility index (Phi) is 3.70. The lowest BCUT2D eigenvalue weighted by atomic mass is 9.51. The molecule has 3 heteroatoms. The van der Waals surface area contributed by atoms with Crippen molar-refractivity contribution in [2.75, 3.05) is 6.54 Å². The van der Waals surface area contributed by atoms with Gasteiger partial charge in [0, 0.05) is 23.6 Å². The van der Waals surface area contributed by atoms with Crippen molar-refractivity contribution in [2.24, 2.45) is 5.41 Å². The summed E-state index contributed by atoms with van der Waals surface area (Å²) in [5, 5.41) is 3.48. The molecule has 1 aliphatic rings. The van der Waals surface area contributed by atoms with Gasteiger partial charge in [0.25, 0.3) is 0 Å². The van der Waals surface area contributed by atoms with E-state index < -0.39 is 11.6 Å². The van der Waals surface area contributed by atoms with Crippen LogP contribution in [0.15, 0.2) is 18.2 Å².